The van der Waals surface area contributed by atoms with E-state index in [1.54, 1.807) is 23.1 Å². The molecule has 2 aliphatic rings. The Labute approximate surface area is 183 Å². The number of rotatable bonds is 5. The van der Waals surface area contributed by atoms with Crippen LogP contribution in [0, 0.1) is 0 Å². The van der Waals surface area contributed by atoms with Crippen LogP contribution in [0.2, 0.25) is 0 Å². The standard InChI is InChI=1S/C21H27N3O5S2/c1-21(8-13-30(26,27)16-21)22-15-20(25)23-9-11-24(12-10-23)31(28,29)19-7-6-17-4-2-3-5-18(17)14-19/h2-7,14,22H,8-13,15-16H2,1H3/t21-/m0/s1. The van der Waals surface area contributed by atoms with E-state index in [1.165, 1.54) is 4.31 Å². The number of piperazine rings is 1. The molecule has 2 aromatic carbocycles. The highest BCUT2D eigenvalue weighted by molar-refractivity contribution is 7.91. The molecule has 0 unspecified atom stereocenters. The molecule has 0 radical (unpaired) electrons. The lowest BCUT2D eigenvalue weighted by molar-refractivity contribution is -0.131. The Hall–Kier alpha value is -2.01. The van der Waals surface area contributed by atoms with Gasteiger partial charge in [0.2, 0.25) is 15.9 Å². The molecule has 2 aliphatic heterocycles. The lowest BCUT2D eigenvalue weighted by Crippen LogP contribution is -2.54. The van der Waals surface area contributed by atoms with Crippen molar-refractivity contribution in [3.8, 4) is 0 Å². The maximum Gasteiger partial charge on any atom is 0.243 e. The zero-order chi connectivity index (χ0) is 22.3. The summed E-state index contributed by atoms with van der Waals surface area (Å²) in [7, 11) is -6.69. The van der Waals surface area contributed by atoms with Gasteiger partial charge in [-0.25, -0.2) is 16.8 Å². The van der Waals surface area contributed by atoms with Gasteiger partial charge in [0.25, 0.3) is 0 Å². The second-order valence-electron chi connectivity index (χ2n) is 8.55. The summed E-state index contributed by atoms with van der Waals surface area (Å²) in [6.45, 7) is 2.94. The van der Waals surface area contributed by atoms with Gasteiger partial charge in [-0.15, -0.1) is 0 Å². The van der Waals surface area contributed by atoms with Gasteiger partial charge in [-0.2, -0.15) is 4.31 Å². The number of carbonyl (C=O) groups is 1. The molecule has 4 rings (SSSR count). The maximum atomic E-state index is 13.1. The van der Waals surface area contributed by atoms with Crippen molar-refractivity contribution in [3.05, 3.63) is 42.5 Å². The number of benzene rings is 2. The van der Waals surface area contributed by atoms with Crippen molar-refractivity contribution < 1.29 is 21.6 Å². The van der Waals surface area contributed by atoms with Crippen LogP contribution in [0.25, 0.3) is 10.8 Å². The van der Waals surface area contributed by atoms with Crippen molar-refractivity contribution in [1.82, 2.24) is 14.5 Å². The van der Waals surface area contributed by atoms with E-state index in [-0.39, 0.29) is 41.9 Å². The maximum absolute atomic E-state index is 13.1. The number of amides is 1. The van der Waals surface area contributed by atoms with E-state index in [0.717, 1.165) is 10.8 Å². The van der Waals surface area contributed by atoms with Crippen LogP contribution in [0.5, 0.6) is 0 Å². The Balaban J connectivity index is 1.35. The molecule has 1 N–H and O–H groups in total. The molecule has 0 spiro atoms. The smallest absolute Gasteiger partial charge is 0.243 e. The molecule has 2 aromatic rings. The number of nitrogens with one attached hydrogen (secondary N) is 1. The second-order valence-corrected chi connectivity index (χ2v) is 12.7. The highest BCUT2D eigenvalue weighted by Gasteiger charge is 2.38. The topological polar surface area (TPSA) is 104 Å². The molecule has 2 saturated heterocycles. The molecule has 1 amide bonds. The van der Waals surface area contributed by atoms with E-state index >= 15 is 0 Å². The van der Waals surface area contributed by atoms with Crippen LogP contribution in [-0.4, -0.2) is 81.7 Å². The van der Waals surface area contributed by atoms with Crippen molar-refractivity contribution in [2.45, 2.75) is 23.8 Å². The molecule has 2 heterocycles. The molecular weight excluding hydrogens is 438 g/mol. The van der Waals surface area contributed by atoms with Gasteiger partial charge in [0.1, 0.15) is 0 Å². The van der Waals surface area contributed by atoms with Crippen LogP contribution in [-0.2, 0) is 24.7 Å². The fourth-order valence-electron chi connectivity index (χ4n) is 4.21. The average molecular weight is 466 g/mol. The predicted molar refractivity (Wildman–Crippen MR) is 119 cm³/mol. The fourth-order valence-corrected chi connectivity index (χ4v) is 7.79. The number of sulfone groups is 1. The van der Waals surface area contributed by atoms with Crippen LogP contribution >= 0.6 is 0 Å². The number of hydrogen-bond acceptors (Lipinski definition) is 6. The van der Waals surface area contributed by atoms with Gasteiger partial charge in [-0.05, 0) is 36.2 Å². The highest BCUT2D eigenvalue weighted by atomic mass is 32.2. The molecular formula is C21H27N3O5S2. The quantitative estimate of drug-likeness (QED) is 0.702. The Bertz CT molecular complexity index is 1200. The summed E-state index contributed by atoms with van der Waals surface area (Å²) in [5.74, 6) is 0.0226. The number of fused-ring (bicyclic) bond motifs is 1. The van der Waals surface area contributed by atoms with E-state index in [1.807, 2.05) is 31.2 Å². The van der Waals surface area contributed by atoms with Crippen molar-refractivity contribution in [2.24, 2.45) is 0 Å². The van der Waals surface area contributed by atoms with E-state index in [9.17, 15) is 21.6 Å². The summed E-state index contributed by atoms with van der Waals surface area (Å²) < 4.78 is 51.0. The van der Waals surface area contributed by atoms with Crippen LogP contribution in [0.1, 0.15) is 13.3 Å². The molecule has 0 aromatic heterocycles. The minimum Gasteiger partial charge on any atom is -0.339 e. The first-order chi connectivity index (χ1) is 14.6. The number of nitrogens with zero attached hydrogens (tertiary/aromatic N) is 2. The molecule has 0 bridgehead atoms. The summed E-state index contributed by atoms with van der Waals surface area (Å²) in [6.07, 6.45) is 0.487. The van der Waals surface area contributed by atoms with Gasteiger partial charge < -0.3 is 10.2 Å². The molecule has 0 aliphatic carbocycles. The second kappa shape index (κ2) is 8.16. The van der Waals surface area contributed by atoms with Gasteiger partial charge in [0.15, 0.2) is 9.84 Å². The lowest BCUT2D eigenvalue weighted by Gasteiger charge is -2.35. The molecule has 31 heavy (non-hydrogen) atoms. The fraction of sp³-hybridized carbons (Fsp3) is 0.476. The SMILES string of the molecule is C[C@]1(NCC(=O)N2CCN(S(=O)(=O)c3ccc4ccccc4c3)CC2)CCS(=O)(=O)C1. The summed E-state index contributed by atoms with van der Waals surface area (Å²) in [5, 5.41) is 4.94. The van der Waals surface area contributed by atoms with Gasteiger partial charge >= 0.3 is 0 Å². The van der Waals surface area contributed by atoms with Crippen LogP contribution in [0.3, 0.4) is 0 Å². The lowest BCUT2D eigenvalue weighted by atomic mass is 10.0. The van der Waals surface area contributed by atoms with Crippen LogP contribution < -0.4 is 5.32 Å². The van der Waals surface area contributed by atoms with Crippen molar-refractivity contribution in [1.29, 1.82) is 0 Å². The third-order valence-electron chi connectivity index (χ3n) is 6.12. The van der Waals surface area contributed by atoms with Crippen molar-refractivity contribution in [2.75, 3.05) is 44.2 Å². The Morgan fingerprint density at radius 2 is 1.74 bits per heavy atom. The van der Waals surface area contributed by atoms with Gasteiger partial charge in [0.05, 0.1) is 22.9 Å². The zero-order valence-electron chi connectivity index (χ0n) is 17.5. The third-order valence-corrected chi connectivity index (χ3v) is 9.92. The molecule has 0 saturated carbocycles. The van der Waals surface area contributed by atoms with E-state index in [4.69, 9.17) is 0 Å². The van der Waals surface area contributed by atoms with Gasteiger partial charge in [-0.1, -0.05) is 30.3 Å². The minimum atomic E-state index is -3.64. The molecule has 168 valence electrons. The summed E-state index contributed by atoms with van der Waals surface area (Å²) in [4.78, 5) is 14.5. The first kappa shape index (κ1) is 22.2. The zero-order valence-corrected chi connectivity index (χ0v) is 19.1. The van der Waals surface area contributed by atoms with Crippen molar-refractivity contribution in [3.63, 3.8) is 0 Å². The highest BCUT2D eigenvalue weighted by Crippen LogP contribution is 2.24. The Kier molecular flexibility index (Phi) is 5.84. The normalized spacial score (nSPS) is 24.5. The van der Waals surface area contributed by atoms with Crippen molar-refractivity contribution >= 4 is 36.5 Å². The minimum absolute atomic E-state index is 0.0328. The Morgan fingerprint density at radius 3 is 2.39 bits per heavy atom. The monoisotopic (exact) mass is 465 g/mol. The van der Waals surface area contributed by atoms with Crippen LogP contribution in [0.15, 0.2) is 47.4 Å². The van der Waals surface area contributed by atoms with Gasteiger partial charge in [-0.3, -0.25) is 4.79 Å². The summed E-state index contributed by atoms with van der Waals surface area (Å²) >= 11 is 0. The molecule has 1 atom stereocenters. The molecule has 2 fully saturated rings. The van der Waals surface area contributed by atoms with E-state index in [0.29, 0.717) is 19.5 Å². The number of carbonyl (C=O) groups excluding carboxylic acids is 1. The predicted octanol–water partition coefficient (Wildman–Crippen LogP) is 0.840. The Morgan fingerprint density at radius 1 is 1.06 bits per heavy atom. The third kappa shape index (κ3) is 4.77. The first-order valence-corrected chi connectivity index (χ1v) is 13.6. The number of hydrogen-bond donors (Lipinski definition) is 1. The van der Waals surface area contributed by atoms with Gasteiger partial charge in [0, 0.05) is 31.7 Å². The van der Waals surface area contributed by atoms with E-state index in [2.05, 4.69) is 5.32 Å². The molecule has 10 heteroatoms. The summed E-state index contributed by atoms with van der Waals surface area (Å²) in [6, 6.07) is 12.7. The summed E-state index contributed by atoms with van der Waals surface area (Å²) in [5.41, 5.74) is -0.588. The van der Waals surface area contributed by atoms with E-state index < -0.39 is 25.4 Å². The largest absolute Gasteiger partial charge is 0.339 e. The number of sulfonamides is 1. The first-order valence-electron chi connectivity index (χ1n) is 10.3. The van der Waals surface area contributed by atoms with Crippen LogP contribution in [0.4, 0.5) is 0 Å². The molecule has 8 nitrogen and oxygen atoms in total. The average Bonchev–Trinajstić information content (AvgIpc) is 3.04.